The minimum atomic E-state index is -4.48. The number of allylic oxidation sites excluding steroid dienone is 1. The van der Waals surface area contributed by atoms with Gasteiger partial charge in [0.05, 0.1) is 37.2 Å². The molecule has 0 saturated heterocycles. The molecule has 5 nitrogen and oxygen atoms in total. The molecule has 186 valence electrons. The highest BCUT2D eigenvalue weighted by Crippen LogP contribution is 2.45. The molecule has 2 N–H and O–H groups in total. The Morgan fingerprint density at radius 1 is 0.833 bits per heavy atom. The van der Waals surface area contributed by atoms with E-state index in [0.717, 1.165) is 23.4 Å². The molecule has 3 aromatic carbocycles. The first-order valence-electron chi connectivity index (χ1n) is 11.6. The SMILES string of the molecule is COc1ccc([C@@H]2CC(=O)C3=C(C2)Nc2ccccc2N[C@@H]3c2cccc(C(F)(F)F)c2)cc1OC. The van der Waals surface area contributed by atoms with Crippen LogP contribution in [0.5, 0.6) is 11.5 Å². The minimum absolute atomic E-state index is 0.119. The van der Waals surface area contributed by atoms with Crippen LogP contribution in [0.15, 0.2) is 78.0 Å². The number of para-hydroxylation sites is 2. The lowest BCUT2D eigenvalue weighted by Gasteiger charge is -2.30. The normalized spacial score (nSPS) is 19.4. The number of hydrogen-bond donors (Lipinski definition) is 2. The zero-order valence-corrected chi connectivity index (χ0v) is 19.8. The number of ether oxygens (including phenoxy) is 2. The summed E-state index contributed by atoms with van der Waals surface area (Å²) in [6.07, 6.45) is -3.74. The molecule has 5 rings (SSSR count). The molecule has 0 radical (unpaired) electrons. The van der Waals surface area contributed by atoms with E-state index in [1.165, 1.54) is 6.07 Å². The lowest BCUT2D eigenvalue weighted by molar-refractivity contribution is -0.137. The van der Waals surface area contributed by atoms with Crippen molar-refractivity contribution in [2.45, 2.75) is 31.0 Å². The smallest absolute Gasteiger partial charge is 0.416 e. The standard InChI is InChI=1S/C28H25F3N2O3/c1-35-24-11-10-16(15-25(24)36-2)18-13-22-26(23(34)14-18)27(33-21-9-4-3-8-20(21)32-22)17-6-5-7-19(12-17)28(29,30)31/h3-12,15,18,27,32-33H,13-14H2,1-2H3/t18-,27+/m0/s1. The summed E-state index contributed by atoms with van der Waals surface area (Å²) in [6.45, 7) is 0. The Labute approximate surface area is 206 Å². The molecule has 2 atom stereocenters. The lowest BCUT2D eigenvalue weighted by atomic mass is 9.78. The second-order valence-corrected chi connectivity index (χ2v) is 8.91. The van der Waals surface area contributed by atoms with Gasteiger partial charge in [0.2, 0.25) is 0 Å². The van der Waals surface area contributed by atoms with E-state index in [1.54, 1.807) is 20.3 Å². The van der Waals surface area contributed by atoms with E-state index in [9.17, 15) is 18.0 Å². The highest BCUT2D eigenvalue weighted by molar-refractivity contribution is 6.01. The molecule has 0 amide bonds. The summed E-state index contributed by atoms with van der Waals surface area (Å²) in [4.78, 5) is 13.6. The van der Waals surface area contributed by atoms with Gasteiger partial charge in [-0.05, 0) is 59.9 Å². The van der Waals surface area contributed by atoms with Gasteiger partial charge >= 0.3 is 6.18 Å². The Bertz CT molecular complexity index is 1350. The van der Waals surface area contributed by atoms with Crippen LogP contribution in [0.3, 0.4) is 0 Å². The van der Waals surface area contributed by atoms with Crippen molar-refractivity contribution in [2.75, 3.05) is 24.9 Å². The quantitative estimate of drug-likeness (QED) is 0.423. The van der Waals surface area contributed by atoms with Gasteiger partial charge < -0.3 is 20.1 Å². The van der Waals surface area contributed by atoms with Crippen molar-refractivity contribution in [3.63, 3.8) is 0 Å². The molecular weight excluding hydrogens is 469 g/mol. The summed E-state index contributed by atoms with van der Waals surface area (Å²) in [5.74, 6) is 0.922. The Hall–Kier alpha value is -3.94. The monoisotopic (exact) mass is 494 g/mol. The molecule has 2 aliphatic rings. The number of ketones is 1. The van der Waals surface area contributed by atoms with E-state index < -0.39 is 17.8 Å². The molecule has 36 heavy (non-hydrogen) atoms. The number of anilines is 2. The van der Waals surface area contributed by atoms with Crippen LogP contribution < -0.4 is 20.1 Å². The number of halogens is 3. The molecule has 0 aromatic heterocycles. The van der Waals surface area contributed by atoms with Crippen molar-refractivity contribution >= 4 is 17.2 Å². The minimum Gasteiger partial charge on any atom is -0.493 e. The Morgan fingerprint density at radius 3 is 2.31 bits per heavy atom. The average molecular weight is 495 g/mol. The van der Waals surface area contributed by atoms with Gasteiger partial charge in [0.25, 0.3) is 0 Å². The number of carbonyl (C=O) groups is 1. The number of nitrogens with one attached hydrogen (secondary N) is 2. The Balaban J connectivity index is 1.59. The van der Waals surface area contributed by atoms with Crippen molar-refractivity contribution < 1.29 is 27.4 Å². The number of alkyl halides is 3. The van der Waals surface area contributed by atoms with Crippen LogP contribution in [0.1, 0.15) is 41.5 Å². The Kier molecular flexibility index (Phi) is 6.12. The third-order valence-electron chi connectivity index (χ3n) is 6.74. The summed E-state index contributed by atoms with van der Waals surface area (Å²) in [5.41, 5.74) is 3.20. The first kappa shape index (κ1) is 23.8. The molecular formula is C28H25F3N2O3. The van der Waals surface area contributed by atoms with Crippen LogP contribution in [0.4, 0.5) is 24.5 Å². The van der Waals surface area contributed by atoms with Crippen LogP contribution in [-0.2, 0) is 11.0 Å². The molecule has 0 unspecified atom stereocenters. The molecule has 1 aliphatic carbocycles. The number of benzene rings is 3. The van der Waals surface area contributed by atoms with Crippen molar-refractivity contribution in [3.8, 4) is 11.5 Å². The summed E-state index contributed by atoms with van der Waals surface area (Å²) in [5, 5.41) is 6.73. The second kappa shape index (κ2) is 9.26. The lowest BCUT2D eigenvalue weighted by Crippen LogP contribution is -2.27. The fraction of sp³-hybridized carbons (Fsp3) is 0.250. The van der Waals surface area contributed by atoms with Crippen LogP contribution in [0.2, 0.25) is 0 Å². The largest absolute Gasteiger partial charge is 0.493 e. The van der Waals surface area contributed by atoms with Crippen LogP contribution in [0.25, 0.3) is 0 Å². The van der Waals surface area contributed by atoms with Gasteiger partial charge in [-0.1, -0.05) is 30.3 Å². The van der Waals surface area contributed by atoms with Crippen molar-refractivity contribution in [3.05, 3.63) is 94.7 Å². The molecule has 3 aromatic rings. The number of methoxy groups -OCH3 is 2. The first-order valence-corrected chi connectivity index (χ1v) is 11.6. The number of carbonyl (C=O) groups excluding carboxylic acids is 1. The third-order valence-corrected chi connectivity index (χ3v) is 6.74. The first-order chi connectivity index (χ1) is 17.3. The van der Waals surface area contributed by atoms with Crippen LogP contribution in [-0.4, -0.2) is 20.0 Å². The number of fused-ring (bicyclic) bond motifs is 1. The predicted octanol–water partition coefficient (Wildman–Crippen LogP) is 6.70. The van der Waals surface area contributed by atoms with Gasteiger partial charge in [0.15, 0.2) is 17.3 Å². The van der Waals surface area contributed by atoms with Crippen LogP contribution >= 0.6 is 0 Å². The van der Waals surface area contributed by atoms with Gasteiger partial charge in [-0.25, -0.2) is 0 Å². The zero-order valence-electron chi connectivity index (χ0n) is 19.8. The van der Waals surface area contributed by atoms with Gasteiger partial charge in [-0.3, -0.25) is 4.79 Å². The van der Waals surface area contributed by atoms with Crippen molar-refractivity contribution in [1.29, 1.82) is 0 Å². The van der Waals surface area contributed by atoms with E-state index in [2.05, 4.69) is 10.6 Å². The van der Waals surface area contributed by atoms with E-state index in [4.69, 9.17) is 9.47 Å². The third kappa shape index (κ3) is 4.39. The maximum absolute atomic E-state index is 13.6. The van der Waals surface area contributed by atoms with E-state index in [1.807, 2.05) is 42.5 Å². The molecule has 0 spiro atoms. The van der Waals surface area contributed by atoms with Gasteiger partial charge in [0.1, 0.15) is 0 Å². The van der Waals surface area contributed by atoms with E-state index in [-0.39, 0.29) is 18.1 Å². The summed E-state index contributed by atoms with van der Waals surface area (Å²) in [7, 11) is 3.12. The summed E-state index contributed by atoms with van der Waals surface area (Å²) in [6, 6.07) is 17.5. The molecule has 0 fully saturated rings. The topological polar surface area (TPSA) is 59.6 Å². The fourth-order valence-electron chi connectivity index (χ4n) is 4.98. The van der Waals surface area contributed by atoms with Gasteiger partial charge in [0, 0.05) is 17.7 Å². The summed E-state index contributed by atoms with van der Waals surface area (Å²) < 4.78 is 51.2. The molecule has 0 bridgehead atoms. The average Bonchev–Trinajstić information content (AvgIpc) is 3.04. The maximum atomic E-state index is 13.6. The fourth-order valence-corrected chi connectivity index (χ4v) is 4.98. The van der Waals surface area contributed by atoms with E-state index in [0.29, 0.717) is 40.4 Å². The number of hydrogen-bond acceptors (Lipinski definition) is 5. The van der Waals surface area contributed by atoms with Crippen molar-refractivity contribution in [2.24, 2.45) is 0 Å². The van der Waals surface area contributed by atoms with E-state index >= 15 is 0 Å². The number of Topliss-reactive ketones (excluding diaryl/α,β-unsaturated/α-hetero) is 1. The van der Waals surface area contributed by atoms with Gasteiger partial charge in [-0.15, -0.1) is 0 Å². The molecule has 1 aliphatic heterocycles. The van der Waals surface area contributed by atoms with Gasteiger partial charge in [-0.2, -0.15) is 13.2 Å². The highest BCUT2D eigenvalue weighted by atomic mass is 19.4. The summed E-state index contributed by atoms with van der Waals surface area (Å²) >= 11 is 0. The molecule has 1 heterocycles. The molecule has 8 heteroatoms. The van der Waals surface area contributed by atoms with Crippen LogP contribution in [0, 0.1) is 0 Å². The predicted molar refractivity (Wildman–Crippen MR) is 131 cm³/mol. The zero-order chi connectivity index (χ0) is 25.4. The highest BCUT2D eigenvalue weighted by Gasteiger charge is 2.37. The number of rotatable bonds is 4. The van der Waals surface area contributed by atoms with Crippen molar-refractivity contribution in [1.82, 2.24) is 0 Å². The second-order valence-electron chi connectivity index (χ2n) is 8.91. The molecule has 0 saturated carbocycles. The Morgan fingerprint density at radius 2 is 1.58 bits per heavy atom. The maximum Gasteiger partial charge on any atom is 0.416 e.